The van der Waals surface area contributed by atoms with Crippen LogP contribution in [0.3, 0.4) is 0 Å². The van der Waals surface area contributed by atoms with Gasteiger partial charge in [0.25, 0.3) is 0 Å². The number of hydrogen-bond acceptors (Lipinski definition) is 1. The molecule has 0 saturated heterocycles. The van der Waals surface area contributed by atoms with Crippen LogP contribution in [-0.4, -0.2) is 7.05 Å². The molecule has 1 heteroatoms. The third kappa shape index (κ3) is 3.18. The van der Waals surface area contributed by atoms with Crippen LogP contribution >= 0.6 is 0 Å². The summed E-state index contributed by atoms with van der Waals surface area (Å²) in [5.41, 5.74) is 3.21. The molecule has 1 N–H and O–H groups in total. The molecule has 0 aliphatic carbocycles. The van der Waals surface area contributed by atoms with Gasteiger partial charge in [-0.3, -0.25) is 0 Å². The van der Waals surface area contributed by atoms with Crippen molar-refractivity contribution in [1.82, 2.24) is 0 Å². The van der Waals surface area contributed by atoms with Crippen LogP contribution in [-0.2, 0) is 0 Å². The normalized spacial score (nSPS) is 9.33. The van der Waals surface area contributed by atoms with E-state index >= 15 is 0 Å². The maximum atomic E-state index is 3.77. The molecule has 0 heterocycles. The molecule has 15 heavy (non-hydrogen) atoms. The highest BCUT2D eigenvalue weighted by Gasteiger charge is 1.97. The van der Waals surface area contributed by atoms with Crippen molar-refractivity contribution in [3.8, 4) is 11.8 Å². The minimum absolute atomic E-state index is 0.405. The van der Waals surface area contributed by atoms with E-state index in [0.29, 0.717) is 5.92 Å². The molecular weight excluding hydrogens is 182 g/mol. The summed E-state index contributed by atoms with van der Waals surface area (Å²) in [6, 6.07) is 6.10. The van der Waals surface area contributed by atoms with Gasteiger partial charge in [-0.15, -0.1) is 0 Å². The van der Waals surface area contributed by atoms with E-state index in [2.05, 4.69) is 37.6 Å². The molecule has 0 aromatic heterocycles. The van der Waals surface area contributed by atoms with Gasteiger partial charge in [-0.2, -0.15) is 0 Å². The van der Waals surface area contributed by atoms with Crippen molar-refractivity contribution < 1.29 is 0 Å². The first-order valence-electron chi connectivity index (χ1n) is 5.13. The zero-order valence-electron chi connectivity index (χ0n) is 9.59. The third-order valence-corrected chi connectivity index (χ3v) is 2.05. The lowest BCUT2D eigenvalue weighted by molar-refractivity contribution is 0.866. The van der Waals surface area contributed by atoms with Gasteiger partial charge >= 0.3 is 0 Å². The van der Waals surface area contributed by atoms with Crippen LogP contribution < -0.4 is 5.32 Å². The van der Waals surface area contributed by atoms with Crippen molar-refractivity contribution in [2.24, 2.45) is 5.92 Å². The minimum Gasteiger partial charge on any atom is -0.388 e. The maximum Gasteiger partial charge on any atom is 0.0423 e. The van der Waals surface area contributed by atoms with Gasteiger partial charge in [-0.05, 0) is 17.7 Å². The second kappa shape index (κ2) is 5.26. The lowest BCUT2D eigenvalue weighted by Gasteiger charge is -2.05. The van der Waals surface area contributed by atoms with Crippen molar-refractivity contribution in [2.75, 3.05) is 12.4 Å². The molecule has 0 atom stereocenters. The predicted molar refractivity (Wildman–Crippen MR) is 67.8 cm³/mol. The van der Waals surface area contributed by atoms with E-state index < -0.39 is 0 Å². The van der Waals surface area contributed by atoms with Gasteiger partial charge in [0.05, 0.1) is 0 Å². The Morgan fingerprint density at radius 3 is 2.67 bits per heavy atom. The van der Waals surface area contributed by atoms with Crippen molar-refractivity contribution >= 4 is 11.8 Å². The van der Waals surface area contributed by atoms with Crippen LogP contribution in [0, 0.1) is 17.8 Å². The quantitative estimate of drug-likeness (QED) is 0.720. The summed E-state index contributed by atoms with van der Waals surface area (Å²) >= 11 is 0. The predicted octanol–water partition coefficient (Wildman–Crippen LogP) is 3.38. The van der Waals surface area contributed by atoms with Crippen molar-refractivity contribution in [2.45, 2.75) is 13.8 Å². The standard InChI is InChI=1S/C14H17N/c1-5-13-9-8-12(7-6-11(2)3)10-14(13)15-4/h5,8-11,15H,1H2,2-4H3. The van der Waals surface area contributed by atoms with Crippen molar-refractivity contribution in [1.29, 1.82) is 0 Å². The lowest BCUT2D eigenvalue weighted by Crippen LogP contribution is -1.92. The average molecular weight is 199 g/mol. The monoisotopic (exact) mass is 199 g/mol. The Hall–Kier alpha value is -1.68. The number of benzene rings is 1. The fourth-order valence-electron chi connectivity index (χ4n) is 1.26. The molecule has 0 aliphatic rings. The van der Waals surface area contributed by atoms with Crippen LogP contribution in [0.4, 0.5) is 5.69 Å². The van der Waals surface area contributed by atoms with Gasteiger partial charge in [0, 0.05) is 24.2 Å². The van der Waals surface area contributed by atoms with Crippen molar-refractivity contribution in [3.05, 3.63) is 35.9 Å². The molecule has 0 saturated carbocycles. The third-order valence-electron chi connectivity index (χ3n) is 2.05. The summed E-state index contributed by atoms with van der Waals surface area (Å²) < 4.78 is 0. The van der Waals surface area contributed by atoms with Crippen molar-refractivity contribution in [3.63, 3.8) is 0 Å². The van der Waals surface area contributed by atoms with Gasteiger partial charge in [-0.25, -0.2) is 0 Å². The molecule has 0 bridgehead atoms. The van der Waals surface area contributed by atoms with Gasteiger partial charge in [-0.1, -0.05) is 44.4 Å². The van der Waals surface area contributed by atoms with E-state index in [-0.39, 0.29) is 0 Å². The van der Waals surface area contributed by atoms with Gasteiger partial charge in [0.2, 0.25) is 0 Å². The first-order chi connectivity index (χ1) is 7.17. The average Bonchev–Trinajstić information content (AvgIpc) is 2.25. The topological polar surface area (TPSA) is 12.0 Å². The Morgan fingerprint density at radius 2 is 2.13 bits per heavy atom. The Kier molecular flexibility index (Phi) is 4.00. The van der Waals surface area contributed by atoms with Gasteiger partial charge in [0.1, 0.15) is 0 Å². The molecule has 0 fully saturated rings. The first kappa shape index (κ1) is 11.4. The number of hydrogen-bond donors (Lipinski definition) is 1. The molecular formula is C14H17N. The van der Waals surface area contributed by atoms with Crippen LogP contribution in [0.25, 0.3) is 6.08 Å². The molecule has 1 nitrogen and oxygen atoms in total. The molecule has 1 aromatic carbocycles. The number of rotatable bonds is 2. The summed E-state index contributed by atoms with van der Waals surface area (Å²) in [7, 11) is 1.90. The molecule has 0 spiro atoms. The van der Waals surface area contributed by atoms with Gasteiger partial charge in [0.15, 0.2) is 0 Å². The Morgan fingerprint density at radius 1 is 1.40 bits per heavy atom. The van der Waals surface area contributed by atoms with E-state index in [9.17, 15) is 0 Å². The van der Waals surface area contributed by atoms with E-state index in [1.54, 1.807) is 0 Å². The Bertz CT molecular complexity index is 405. The number of anilines is 1. The molecule has 0 aliphatic heterocycles. The Balaban J connectivity index is 3.05. The van der Waals surface area contributed by atoms with E-state index in [1.165, 1.54) is 0 Å². The zero-order chi connectivity index (χ0) is 11.3. The van der Waals surface area contributed by atoms with Crippen LogP contribution in [0.1, 0.15) is 25.0 Å². The summed E-state index contributed by atoms with van der Waals surface area (Å²) in [5, 5.41) is 3.14. The van der Waals surface area contributed by atoms with E-state index in [4.69, 9.17) is 0 Å². The molecule has 78 valence electrons. The summed E-state index contributed by atoms with van der Waals surface area (Å²) in [5.74, 6) is 6.70. The molecule has 0 unspecified atom stereocenters. The van der Waals surface area contributed by atoms with Gasteiger partial charge < -0.3 is 5.32 Å². The van der Waals surface area contributed by atoms with Crippen LogP contribution in [0.15, 0.2) is 24.8 Å². The highest BCUT2D eigenvalue weighted by molar-refractivity contribution is 5.67. The second-order valence-electron chi connectivity index (χ2n) is 3.68. The lowest BCUT2D eigenvalue weighted by atomic mass is 10.1. The minimum atomic E-state index is 0.405. The fourth-order valence-corrected chi connectivity index (χ4v) is 1.26. The summed E-state index contributed by atoms with van der Waals surface area (Å²) in [6.45, 7) is 7.94. The van der Waals surface area contributed by atoms with E-state index in [0.717, 1.165) is 16.8 Å². The van der Waals surface area contributed by atoms with Crippen LogP contribution in [0.5, 0.6) is 0 Å². The first-order valence-corrected chi connectivity index (χ1v) is 5.13. The highest BCUT2D eigenvalue weighted by atomic mass is 14.8. The largest absolute Gasteiger partial charge is 0.388 e. The summed E-state index contributed by atoms with van der Waals surface area (Å²) in [4.78, 5) is 0. The molecule has 1 aromatic rings. The highest BCUT2D eigenvalue weighted by Crippen LogP contribution is 2.17. The van der Waals surface area contributed by atoms with Crippen LogP contribution in [0.2, 0.25) is 0 Å². The zero-order valence-corrected chi connectivity index (χ0v) is 9.59. The SMILES string of the molecule is C=Cc1ccc(C#CC(C)C)cc1NC. The Labute approximate surface area is 92.2 Å². The smallest absolute Gasteiger partial charge is 0.0423 e. The fraction of sp³-hybridized carbons (Fsp3) is 0.286. The molecule has 0 amide bonds. The second-order valence-corrected chi connectivity index (χ2v) is 3.68. The number of nitrogens with one attached hydrogen (secondary N) is 1. The summed E-state index contributed by atoms with van der Waals surface area (Å²) in [6.07, 6.45) is 1.84. The molecule has 1 rings (SSSR count). The van der Waals surface area contributed by atoms with E-state index in [1.807, 2.05) is 31.3 Å². The molecule has 0 radical (unpaired) electrons. The maximum absolute atomic E-state index is 3.77.